The second kappa shape index (κ2) is 7.54. The molecule has 1 unspecified atom stereocenters. The van der Waals surface area contributed by atoms with Crippen LogP contribution in [-0.4, -0.2) is 36.7 Å². The van der Waals surface area contributed by atoms with Crippen LogP contribution in [0.1, 0.15) is 12.0 Å². The van der Waals surface area contributed by atoms with E-state index in [9.17, 15) is 18.4 Å². The Hall–Kier alpha value is -2.02. The summed E-state index contributed by atoms with van der Waals surface area (Å²) in [6.07, 6.45) is -0.164. The Bertz CT molecular complexity index is 493. The van der Waals surface area contributed by atoms with E-state index in [0.717, 1.165) is 6.07 Å². The lowest BCUT2D eigenvalue weighted by Crippen LogP contribution is -2.43. The summed E-state index contributed by atoms with van der Waals surface area (Å²) >= 11 is 0. The first-order chi connectivity index (χ1) is 9.45. The maximum atomic E-state index is 13.3. The van der Waals surface area contributed by atoms with E-state index in [1.54, 1.807) is 0 Å². The van der Waals surface area contributed by atoms with Crippen molar-refractivity contribution in [2.75, 3.05) is 13.7 Å². The number of carbonyl (C=O) groups excluding carboxylic acids is 1. The number of benzene rings is 1. The molecule has 0 fully saturated rings. The zero-order valence-corrected chi connectivity index (χ0v) is 10.9. The molecule has 0 saturated carbocycles. The molecule has 0 aliphatic heterocycles. The second-order valence-corrected chi connectivity index (χ2v) is 4.13. The van der Waals surface area contributed by atoms with Gasteiger partial charge in [-0.2, -0.15) is 0 Å². The highest BCUT2D eigenvalue weighted by atomic mass is 19.2. The predicted octanol–water partition coefficient (Wildman–Crippen LogP) is 1.11. The standard InChI is InChI=1S/C13H15F2NO4/c1-20-7-10(13(18)19)16-11(17)6-5-8-3-2-4-9(14)12(8)15/h2-4,10H,5-7H2,1H3,(H,16,17)(H,18,19). The minimum Gasteiger partial charge on any atom is -0.480 e. The number of carboxylic acids is 1. The van der Waals surface area contributed by atoms with Gasteiger partial charge in [-0.1, -0.05) is 12.1 Å². The van der Waals surface area contributed by atoms with Gasteiger partial charge in [0.2, 0.25) is 5.91 Å². The van der Waals surface area contributed by atoms with Gasteiger partial charge in [0, 0.05) is 13.5 Å². The van der Waals surface area contributed by atoms with Crippen LogP contribution in [0, 0.1) is 11.6 Å². The Morgan fingerprint density at radius 3 is 2.70 bits per heavy atom. The molecule has 1 aromatic carbocycles. The fraction of sp³-hybridized carbons (Fsp3) is 0.385. The summed E-state index contributed by atoms with van der Waals surface area (Å²) in [4.78, 5) is 22.3. The van der Waals surface area contributed by atoms with Gasteiger partial charge < -0.3 is 15.2 Å². The smallest absolute Gasteiger partial charge is 0.328 e. The van der Waals surface area contributed by atoms with Crippen LogP contribution >= 0.6 is 0 Å². The first-order valence-electron chi connectivity index (χ1n) is 5.89. The second-order valence-electron chi connectivity index (χ2n) is 4.13. The van der Waals surface area contributed by atoms with E-state index in [2.05, 4.69) is 10.1 Å². The number of aryl methyl sites for hydroxylation is 1. The van der Waals surface area contributed by atoms with Gasteiger partial charge in [0.15, 0.2) is 17.7 Å². The van der Waals surface area contributed by atoms with E-state index in [-0.39, 0.29) is 25.0 Å². The molecular formula is C13H15F2NO4. The fourth-order valence-corrected chi connectivity index (χ4v) is 1.60. The molecule has 0 heterocycles. The van der Waals surface area contributed by atoms with Gasteiger partial charge in [-0.05, 0) is 18.1 Å². The van der Waals surface area contributed by atoms with Gasteiger partial charge in [-0.25, -0.2) is 13.6 Å². The van der Waals surface area contributed by atoms with Gasteiger partial charge in [0.05, 0.1) is 6.61 Å². The molecule has 1 amide bonds. The predicted molar refractivity (Wildman–Crippen MR) is 66.1 cm³/mol. The Labute approximate surface area is 114 Å². The molecule has 1 atom stereocenters. The number of hydrogen-bond acceptors (Lipinski definition) is 3. The Kier molecular flexibility index (Phi) is 6.05. The number of hydrogen-bond donors (Lipinski definition) is 2. The van der Waals surface area contributed by atoms with Crippen LogP contribution in [0.2, 0.25) is 0 Å². The molecule has 0 aliphatic carbocycles. The molecule has 7 heteroatoms. The normalized spacial score (nSPS) is 11.9. The monoisotopic (exact) mass is 287 g/mol. The van der Waals surface area contributed by atoms with Crippen molar-refractivity contribution >= 4 is 11.9 Å². The largest absolute Gasteiger partial charge is 0.480 e. The number of aliphatic carboxylic acids is 1. The number of amides is 1. The van der Waals surface area contributed by atoms with Gasteiger partial charge in [0.1, 0.15) is 0 Å². The van der Waals surface area contributed by atoms with Crippen LogP contribution < -0.4 is 5.32 Å². The molecule has 20 heavy (non-hydrogen) atoms. The van der Waals surface area contributed by atoms with Gasteiger partial charge in [-0.15, -0.1) is 0 Å². The lowest BCUT2D eigenvalue weighted by atomic mass is 10.1. The number of methoxy groups -OCH3 is 1. The Morgan fingerprint density at radius 2 is 2.10 bits per heavy atom. The molecule has 1 rings (SSSR count). The van der Waals surface area contributed by atoms with Crippen molar-refractivity contribution in [1.29, 1.82) is 0 Å². The van der Waals surface area contributed by atoms with Crippen molar-refractivity contribution in [1.82, 2.24) is 5.32 Å². The lowest BCUT2D eigenvalue weighted by Gasteiger charge is -2.13. The SMILES string of the molecule is COCC(NC(=O)CCc1cccc(F)c1F)C(=O)O. The first kappa shape index (κ1) is 16.0. The van der Waals surface area contributed by atoms with Crippen molar-refractivity contribution in [2.45, 2.75) is 18.9 Å². The number of rotatable bonds is 7. The quantitative estimate of drug-likeness (QED) is 0.788. The van der Waals surface area contributed by atoms with Crippen LogP contribution in [0.5, 0.6) is 0 Å². The van der Waals surface area contributed by atoms with E-state index in [1.807, 2.05) is 0 Å². The fourth-order valence-electron chi connectivity index (χ4n) is 1.60. The van der Waals surface area contributed by atoms with Gasteiger partial charge >= 0.3 is 5.97 Å². The highest BCUT2D eigenvalue weighted by Crippen LogP contribution is 2.13. The van der Waals surface area contributed by atoms with Crippen molar-refractivity contribution in [3.63, 3.8) is 0 Å². The third-order valence-electron chi connectivity index (χ3n) is 2.62. The Morgan fingerprint density at radius 1 is 1.40 bits per heavy atom. The molecule has 0 aromatic heterocycles. The molecule has 0 aliphatic rings. The van der Waals surface area contributed by atoms with Crippen LogP contribution in [-0.2, 0) is 20.7 Å². The van der Waals surface area contributed by atoms with Crippen LogP contribution in [0.15, 0.2) is 18.2 Å². The third-order valence-corrected chi connectivity index (χ3v) is 2.62. The molecule has 0 bridgehead atoms. The van der Waals surface area contributed by atoms with E-state index in [1.165, 1.54) is 19.2 Å². The average Bonchev–Trinajstić information content (AvgIpc) is 2.40. The summed E-state index contributed by atoms with van der Waals surface area (Å²) in [5.41, 5.74) is 0.0683. The Balaban J connectivity index is 2.54. The molecule has 5 nitrogen and oxygen atoms in total. The molecule has 110 valence electrons. The third kappa shape index (κ3) is 4.58. The van der Waals surface area contributed by atoms with Crippen molar-refractivity contribution in [2.24, 2.45) is 0 Å². The molecule has 1 aromatic rings. The van der Waals surface area contributed by atoms with Crippen LogP contribution in [0.4, 0.5) is 8.78 Å². The average molecular weight is 287 g/mol. The van der Waals surface area contributed by atoms with E-state index in [4.69, 9.17) is 5.11 Å². The summed E-state index contributed by atoms with van der Waals surface area (Å²) in [5, 5.41) is 11.1. The number of nitrogens with one attached hydrogen (secondary N) is 1. The minimum absolute atomic E-state index is 0.0191. The molecule has 2 N–H and O–H groups in total. The lowest BCUT2D eigenvalue weighted by molar-refractivity contribution is -0.143. The number of carbonyl (C=O) groups is 2. The van der Waals surface area contributed by atoms with Gasteiger partial charge in [-0.3, -0.25) is 4.79 Å². The first-order valence-corrected chi connectivity index (χ1v) is 5.89. The summed E-state index contributed by atoms with van der Waals surface area (Å²) in [7, 11) is 1.31. The van der Waals surface area contributed by atoms with Crippen molar-refractivity contribution in [3.8, 4) is 0 Å². The zero-order chi connectivity index (χ0) is 15.1. The molecule has 0 radical (unpaired) electrons. The van der Waals surface area contributed by atoms with Crippen molar-refractivity contribution in [3.05, 3.63) is 35.4 Å². The number of halogens is 2. The molecular weight excluding hydrogens is 272 g/mol. The number of carboxylic acid groups (broad SMARTS) is 1. The maximum Gasteiger partial charge on any atom is 0.328 e. The highest BCUT2D eigenvalue weighted by Gasteiger charge is 2.19. The molecule has 0 spiro atoms. The minimum atomic E-state index is -1.22. The highest BCUT2D eigenvalue weighted by molar-refractivity contribution is 5.83. The zero-order valence-electron chi connectivity index (χ0n) is 10.9. The van der Waals surface area contributed by atoms with E-state index < -0.39 is 29.6 Å². The maximum absolute atomic E-state index is 13.3. The van der Waals surface area contributed by atoms with E-state index >= 15 is 0 Å². The van der Waals surface area contributed by atoms with E-state index in [0.29, 0.717) is 0 Å². The summed E-state index contributed by atoms with van der Waals surface area (Å²) in [5.74, 6) is -3.77. The van der Waals surface area contributed by atoms with Crippen molar-refractivity contribution < 1.29 is 28.2 Å². The summed E-state index contributed by atoms with van der Waals surface area (Å²) in [6.45, 7) is -0.171. The summed E-state index contributed by atoms with van der Waals surface area (Å²) < 4.78 is 31.0. The van der Waals surface area contributed by atoms with Gasteiger partial charge in [0.25, 0.3) is 0 Å². The van der Waals surface area contributed by atoms with Crippen LogP contribution in [0.3, 0.4) is 0 Å². The van der Waals surface area contributed by atoms with Crippen LogP contribution in [0.25, 0.3) is 0 Å². The topological polar surface area (TPSA) is 75.6 Å². The summed E-state index contributed by atoms with van der Waals surface area (Å²) in [6, 6.07) is 2.54. The number of ether oxygens (including phenoxy) is 1. The molecule has 0 saturated heterocycles.